The minimum absolute atomic E-state index is 0.354. The van der Waals surface area contributed by atoms with Crippen molar-refractivity contribution in [3.05, 3.63) is 29.8 Å². The smallest absolute Gasteiger partial charge is 0.305 e. The molecule has 1 aliphatic rings. The average Bonchev–Trinajstić information content (AvgIpc) is 2.77. The molecule has 11 heteroatoms. The summed E-state index contributed by atoms with van der Waals surface area (Å²) in [6.07, 6.45) is -1.64. The molecule has 1 saturated heterocycles. The zero-order valence-electron chi connectivity index (χ0n) is 22.8. The van der Waals surface area contributed by atoms with Crippen LogP contribution in [0.4, 0.5) is 0 Å². The fourth-order valence-electron chi connectivity index (χ4n) is 3.87. The number of carbonyl (C=O) groups excluding carboxylic acids is 3. The van der Waals surface area contributed by atoms with Crippen LogP contribution in [0.2, 0.25) is 18.1 Å². The highest BCUT2D eigenvalue weighted by Gasteiger charge is 2.52. The van der Waals surface area contributed by atoms with E-state index in [0.717, 1.165) is 0 Å². The monoisotopic (exact) mass is 537 g/mol. The summed E-state index contributed by atoms with van der Waals surface area (Å²) in [5.74, 6) is -1.14. The number of benzene rings is 1. The van der Waals surface area contributed by atoms with Gasteiger partial charge in [0, 0.05) is 27.0 Å². The summed E-state index contributed by atoms with van der Waals surface area (Å²) in [7, 11) is -0.985. The number of nitrogens with zero attached hydrogens (tertiary/aromatic N) is 1. The van der Waals surface area contributed by atoms with Gasteiger partial charge in [0.05, 0.1) is 7.11 Å². The normalized spacial score (nSPS) is 24.4. The molecule has 206 valence electrons. The first-order valence-corrected chi connectivity index (χ1v) is 15.2. The number of ether oxygens (including phenoxy) is 5. The third-order valence-electron chi connectivity index (χ3n) is 6.72. The number of aliphatic imine (C=N–C) groups is 1. The molecule has 2 unspecified atom stereocenters. The molecule has 1 fully saturated rings. The van der Waals surface area contributed by atoms with Gasteiger partial charge in [-0.25, -0.2) is 0 Å². The van der Waals surface area contributed by atoms with Gasteiger partial charge in [0.25, 0.3) is 0 Å². The van der Waals surface area contributed by atoms with Crippen molar-refractivity contribution in [2.45, 2.75) is 96.2 Å². The molecule has 1 N–H and O–H groups in total. The molecule has 0 bridgehead atoms. The Morgan fingerprint density at radius 2 is 1.54 bits per heavy atom. The van der Waals surface area contributed by atoms with E-state index in [9.17, 15) is 19.2 Å². The van der Waals surface area contributed by atoms with Crippen LogP contribution < -0.4 is 4.74 Å². The predicted molar refractivity (Wildman–Crippen MR) is 139 cm³/mol. The number of methoxy groups -OCH3 is 1. The molecule has 0 radical (unpaired) electrons. The summed E-state index contributed by atoms with van der Waals surface area (Å²) in [4.78, 5) is 51.4. The first-order valence-electron chi connectivity index (χ1n) is 12.2. The molecule has 0 amide bonds. The van der Waals surface area contributed by atoms with Gasteiger partial charge in [0.1, 0.15) is 11.9 Å². The Kier molecular flexibility index (Phi) is 10.4. The maximum Gasteiger partial charge on any atom is 0.305 e. The topological polar surface area (TPSA) is 130 Å². The molecule has 37 heavy (non-hydrogen) atoms. The second-order valence-electron chi connectivity index (χ2n) is 10.3. The zero-order chi connectivity index (χ0) is 28.0. The van der Waals surface area contributed by atoms with Crippen molar-refractivity contribution in [3.8, 4) is 5.75 Å². The second kappa shape index (κ2) is 12.7. The van der Waals surface area contributed by atoms with Gasteiger partial charge in [-0.05, 0) is 60.8 Å². The molecule has 1 aliphatic heterocycles. The van der Waals surface area contributed by atoms with E-state index in [1.165, 1.54) is 27.0 Å². The molecule has 10 nitrogen and oxygen atoms in total. The summed E-state index contributed by atoms with van der Waals surface area (Å²) in [5, 5.41) is -0.394. The highest BCUT2D eigenvalue weighted by molar-refractivity contribution is 6.72. The fraction of sp³-hybridized carbons (Fsp3) is 0.615. The highest BCUT2D eigenvalue weighted by atomic mass is 28.4. The number of rotatable bonds is 10. The van der Waals surface area contributed by atoms with Crippen molar-refractivity contribution in [3.63, 3.8) is 0 Å². The Bertz CT molecular complexity index is 971. The lowest BCUT2D eigenvalue weighted by Gasteiger charge is -2.44. The number of esters is 3. The van der Waals surface area contributed by atoms with Crippen molar-refractivity contribution in [1.29, 1.82) is 0 Å². The quantitative estimate of drug-likeness (QED) is 0.207. The summed E-state index contributed by atoms with van der Waals surface area (Å²) >= 11 is 0. The molecule has 0 aliphatic carbocycles. The molecular weight excluding hydrogens is 498 g/mol. The fourth-order valence-corrected chi connectivity index (χ4v) is 4.63. The van der Waals surface area contributed by atoms with Crippen molar-refractivity contribution >= 4 is 32.4 Å². The van der Waals surface area contributed by atoms with E-state index in [1.54, 1.807) is 31.4 Å². The Hall–Kier alpha value is -2.76. The Labute approximate surface area is 219 Å². The van der Waals surface area contributed by atoms with E-state index in [1.807, 2.05) is 26.9 Å². The van der Waals surface area contributed by atoms with Crippen LogP contribution >= 0.6 is 0 Å². The van der Waals surface area contributed by atoms with Gasteiger partial charge < -0.3 is 28.5 Å². The number of carbonyl (C=O) groups is 3. The van der Waals surface area contributed by atoms with Gasteiger partial charge in [-0.1, -0.05) is 13.8 Å². The van der Waals surface area contributed by atoms with Crippen LogP contribution in [-0.2, 0) is 33.3 Å². The lowest BCUT2D eigenvalue weighted by molar-refractivity contribution is -0.261. The second-order valence-corrected chi connectivity index (χ2v) is 14.8. The van der Waals surface area contributed by atoms with Crippen molar-refractivity contribution in [2.24, 2.45) is 4.99 Å². The number of hydrogen-bond acceptors (Lipinski definition) is 10. The van der Waals surface area contributed by atoms with Crippen molar-refractivity contribution in [2.75, 3.05) is 7.11 Å². The van der Waals surface area contributed by atoms with Crippen LogP contribution in [0, 0.1) is 0 Å². The Morgan fingerprint density at radius 3 is 2.03 bits per heavy atom. The van der Waals surface area contributed by atoms with Crippen LogP contribution in [0.1, 0.15) is 53.0 Å². The van der Waals surface area contributed by atoms with Crippen LogP contribution in [-0.4, -0.2) is 75.0 Å². The van der Waals surface area contributed by atoms with Gasteiger partial charge >= 0.3 is 17.9 Å². The molecule has 1 heterocycles. The third-order valence-corrected chi connectivity index (χ3v) is 10.3. The van der Waals surface area contributed by atoms with Crippen LogP contribution in [0.25, 0.3) is 0 Å². The summed E-state index contributed by atoms with van der Waals surface area (Å²) in [5.41, 5.74) is 0.715. The molecule has 2 rings (SSSR count). The van der Waals surface area contributed by atoms with Gasteiger partial charge in [-0.3, -0.25) is 19.4 Å². The lowest BCUT2D eigenvalue weighted by Crippen LogP contribution is -2.60. The number of hydrogen-bond donors (Lipinski definition) is 1. The largest absolute Gasteiger partial charge is 0.497 e. The van der Waals surface area contributed by atoms with E-state index in [4.69, 9.17) is 23.7 Å². The van der Waals surface area contributed by atoms with Crippen molar-refractivity contribution < 1.29 is 42.9 Å². The maximum atomic E-state index is 12.1. The summed E-state index contributed by atoms with van der Waals surface area (Å²) < 4.78 is 28.0. The van der Waals surface area contributed by atoms with Crippen LogP contribution in [0.3, 0.4) is 0 Å². The standard InChI is InChI=1S/C26H39NO9Si/c1-16(28)33-23-21(13-14-26(4,5)37(7,8)31)36-25(35-18(3)30)22(24(23)34-17(2)29)27-15-19-9-11-20(32-6)12-10-19/h9-12,15,21-25,31H,13-14H2,1-8H3/t21?,22-,23+,24?,25+/m0/s1. The lowest BCUT2D eigenvalue weighted by atomic mass is 9.91. The minimum Gasteiger partial charge on any atom is -0.497 e. The molecule has 0 spiro atoms. The summed E-state index contributed by atoms with van der Waals surface area (Å²) in [6.45, 7) is 11.4. The molecule has 1 aromatic rings. The molecule has 1 aromatic carbocycles. The average molecular weight is 538 g/mol. The Morgan fingerprint density at radius 1 is 1.00 bits per heavy atom. The third kappa shape index (κ3) is 8.65. The van der Waals surface area contributed by atoms with Gasteiger partial charge in [-0.2, -0.15) is 0 Å². The van der Waals surface area contributed by atoms with E-state index in [2.05, 4.69) is 4.99 Å². The van der Waals surface area contributed by atoms with E-state index >= 15 is 0 Å². The zero-order valence-corrected chi connectivity index (χ0v) is 23.8. The molecule has 5 atom stereocenters. The van der Waals surface area contributed by atoms with Gasteiger partial charge in [0.15, 0.2) is 26.6 Å². The molecule has 0 saturated carbocycles. The first-order chi connectivity index (χ1) is 17.1. The van der Waals surface area contributed by atoms with Gasteiger partial charge in [0.2, 0.25) is 6.29 Å². The van der Waals surface area contributed by atoms with Crippen LogP contribution in [0.15, 0.2) is 29.3 Å². The highest BCUT2D eigenvalue weighted by Crippen LogP contribution is 2.42. The van der Waals surface area contributed by atoms with Crippen LogP contribution in [0.5, 0.6) is 5.75 Å². The maximum absolute atomic E-state index is 12.1. The van der Waals surface area contributed by atoms with Gasteiger partial charge in [-0.15, -0.1) is 0 Å². The predicted octanol–water partition coefficient (Wildman–Crippen LogP) is 3.39. The van der Waals surface area contributed by atoms with E-state index < -0.39 is 61.9 Å². The summed E-state index contributed by atoms with van der Waals surface area (Å²) in [6, 6.07) is 6.08. The molecule has 0 aromatic heterocycles. The van der Waals surface area contributed by atoms with Crippen molar-refractivity contribution in [1.82, 2.24) is 0 Å². The molecular formula is C26H39NO9Si. The van der Waals surface area contributed by atoms with E-state index in [-0.39, 0.29) is 0 Å². The SMILES string of the molecule is COc1ccc(C=N[C@H]2C(OC(C)=O)[C@H](OC(C)=O)C(CCC(C)(C)[Si](C)(C)O)O[C@H]2OC(C)=O)cc1. The minimum atomic E-state index is -2.55. The van der Waals surface area contributed by atoms with E-state index in [0.29, 0.717) is 24.2 Å². The Balaban J connectivity index is 2.47. The first kappa shape index (κ1) is 30.5.